The largest absolute Gasteiger partial charge is 0.756 e. The number of esters is 2. The third-order valence-corrected chi connectivity index (χ3v) is 10.2. The molecule has 0 fully saturated rings. The molecule has 9 nitrogen and oxygen atoms in total. The molecule has 0 aromatic carbocycles. The molecule has 0 radical (unpaired) electrons. The SMILES string of the molecule is CC/C=C\C/C=C\C/C=C\C/C=C\CCCCC(=O)OC(COC(=O)CCCCCCCCC/C=C\CCCCCCCCC)COP(=O)([O-])OCC[N+](C)(C)C. The molecule has 10 heteroatoms. The van der Waals surface area contributed by atoms with Crippen molar-refractivity contribution in [2.24, 2.45) is 0 Å². The Morgan fingerprint density at radius 2 is 1.00 bits per heavy atom. The van der Waals surface area contributed by atoms with Crippen LogP contribution in [0.3, 0.4) is 0 Å². The first-order valence-corrected chi connectivity index (χ1v) is 24.0. The van der Waals surface area contributed by atoms with E-state index in [0.717, 1.165) is 70.6 Å². The number of nitrogens with zero attached hydrogens (tertiary/aromatic N) is 1. The second-order valence-corrected chi connectivity index (χ2v) is 17.4. The zero-order chi connectivity index (χ0) is 42.1. The molecule has 0 bridgehead atoms. The molecule has 2 atom stereocenters. The van der Waals surface area contributed by atoms with Crippen molar-refractivity contribution in [1.82, 2.24) is 0 Å². The van der Waals surface area contributed by atoms with E-state index in [1.54, 1.807) is 0 Å². The zero-order valence-corrected chi connectivity index (χ0v) is 37.9. The Hall–Kier alpha value is -2.29. The van der Waals surface area contributed by atoms with Gasteiger partial charge in [-0.25, -0.2) is 0 Å². The van der Waals surface area contributed by atoms with Crippen LogP contribution in [0.15, 0.2) is 60.8 Å². The van der Waals surface area contributed by atoms with Crippen molar-refractivity contribution in [3.63, 3.8) is 0 Å². The summed E-state index contributed by atoms with van der Waals surface area (Å²) in [6, 6.07) is 0. The van der Waals surface area contributed by atoms with E-state index in [9.17, 15) is 19.0 Å². The van der Waals surface area contributed by atoms with Crippen LogP contribution in [0.4, 0.5) is 0 Å². The third kappa shape index (κ3) is 43.1. The van der Waals surface area contributed by atoms with Gasteiger partial charge in [-0.2, -0.15) is 0 Å². The normalized spacial score (nSPS) is 14.1. The Morgan fingerprint density at radius 3 is 1.54 bits per heavy atom. The molecule has 0 aromatic rings. The number of likely N-dealkylation sites (N-methyl/N-ethyl adjacent to an activating group) is 1. The van der Waals surface area contributed by atoms with Gasteiger partial charge in [0, 0.05) is 12.8 Å². The van der Waals surface area contributed by atoms with E-state index < -0.39 is 32.5 Å². The highest BCUT2D eigenvalue weighted by atomic mass is 31.2. The first-order chi connectivity index (χ1) is 27.5. The molecule has 2 unspecified atom stereocenters. The van der Waals surface area contributed by atoms with Gasteiger partial charge in [0.25, 0.3) is 7.82 Å². The fourth-order valence-corrected chi connectivity index (χ4v) is 6.49. The van der Waals surface area contributed by atoms with Gasteiger partial charge < -0.3 is 27.9 Å². The van der Waals surface area contributed by atoms with Crippen molar-refractivity contribution in [1.29, 1.82) is 0 Å². The van der Waals surface area contributed by atoms with E-state index in [1.165, 1.54) is 70.6 Å². The molecule has 0 N–H and O–H groups in total. The lowest BCUT2D eigenvalue weighted by molar-refractivity contribution is -0.870. The maximum atomic E-state index is 12.7. The quantitative estimate of drug-likeness (QED) is 0.0197. The molecule has 0 rings (SSSR count). The number of phosphoric acid groups is 1. The minimum Gasteiger partial charge on any atom is -0.756 e. The Kier molecular flexibility index (Phi) is 37.6. The van der Waals surface area contributed by atoms with Crippen LogP contribution < -0.4 is 4.89 Å². The number of carbonyl (C=O) groups is 2. The van der Waals surface area contributed by atoms with Crippen LogP contribution in [0.2, 0.25) is 0 Å². The summed E-state index contributed by atoms with van der Waals surface area (Å²) < 4.78 is 33.9. The highest BCUT2D eigenvalue weighted by Crippen LogP contribution is 2.38. The second-order valence-electron chi connectivity index (χ2n) is 16.0. The maximum absolute atomic E-state index is 12.7. The number of rotatable bonds is 40. The number of ether oxygens (including phenoxy) is 2. The average molecular weight is 822 g/mol. The van der Waals surface area contributed by atoms with Gasteiger partial charge >= 0.3 is 11.9 Å². The summed E-state index contributed by atoms with van der Waals surface area (Å²) in [5.74, 6) is -0.891. The molecule has 330 valence electrons. The Morgan fingerprint density at radius 1 is 0.561 bits per heavy atom. The smallest absolute Gasteiger partial charge is 0.306 e. The molecule has 0 aliphatic carbocycles. The van der Waals surface area contributed by atoms with Crippen molar-refractivity contribution in [3.8, 4) is 0 Å². The molecule has 0 aliphatic heterocycles. The summed E-state index contributed by atoms with van der Waals surface area (Å²) in [5.41, 5.74) is 0. The Balaban J connectivity index is 4.40. The molecule has 57 heavy (non-hydrogen) atoms. The summed E-state index contributed by atoms with van der Waals surface area (Å²) in [5, 5.41) is 0. The minimum absolute atomic E-state index is 0.0419. The summed E-state index contributed by atoms with van der Waals surface area (Å²) in [4.78, 5) is 37.5. The lowest BCUT2D eigenvalue weighted by Gasteiger charge is -2.28. The topological polar surface area (TPSA) is 111 Å². The van der Waals surface area contributed by atoms with E-state index >= 15 is 0 Å². The van der Waals surface area contributed by atoms with E-state index in [2.05, 4.69) is 74.6 Å². The third-order valence-electron chi connectivity index (χ3n) is 9.27. The number of hydrogen-bond donors (Lipinski definition) is 0. The first-order valence-electron chi connectivity index (χ1n) is 22.5. The molecule has 0 spiro atoms. The minimum atomic E-state index is -4.64. The van der Waals surface area contributed by atoms with Crippen LogP contribution in [0.25, 0.3) is 0 Å². The van der Waals surface area contributed by atoms with Crippen molar-refractivity contribution < 1.29 is 42.1 Å². The highest BCUT2D eigenvalue weighted by molar-refractivity contribution is 7.45. The standard InChI is InChI=1S/C47H84NO8P/c1-6-8-10-12-14-16-18-20-22-23-24-26-27-29-31-33-35-37-39-46(49)53-43-45(44-55-57(51,52)54-42-41-48(3,4)5)56-47(50)40-38-36-34-32-30-28-25-21-19-17-15-13-11-9-7-2/h9,11,15,17,21-23,25,30,32,45H,6-8,10,12-14,16,18-20,24,26-29,31,33-44H2,1-5H3/b11-9-,17-15-,23-22-,25-21-,32-30-. The van der Waals surface area contributed by atoms with E-state index in [-0.39, 0.29) is 26.1 Å². The predicted molar refractivity (Wildman–Crippen MR) is 236 cm³/mol. The highest BCUT2D eigenvalue weighted by Gasteiger charge is 2.21. The predicted octanol–water partition coefficient (Wildman–Crippen LogP) is 12.2. The molecular formula is C47H84NO8P. The molecule has 0 saturated carbocycles. The Labute approximate surface area is 349 Å². The van der Waals surface area contributed by atoms with Crippen LogP contribution in [0, 0.1) is 0 Å². The maximum Gasteiger partial charge on any atom is 0.306 e. The number of hydrogen-bond acceptors (Lipinski definition) is 8. The van der Waals surface area contributed by atoms with Crippen LogP contribution in [0.1, 0.15) is 174 Å². The number of carbonyl (C=O) groups excluding carboxylic acids is 2. The molecule has 0 saturated heterocycles. The molecule has 0 aliphatic rings. The molecular weight excluding hydrogens is 737 g/mol. The lowest BCUT2D eigenvalue weighted by atomic mass is 10.1. The summed E-state index contributed by atoms with van der Waals surface area (Å²) in [6.07, 6.45) is 46.8. The fourth-order valence-electron chi connectivity index (χ4n) is 5.76. The van der Waals surface area contributed by atoms with Crippen molar-refractivity contribution in [2.45, 2.75) is 180 Å². The Bertz CT molecular complexity index is 1160. The lowest BCUT2D eigenvalue weighted by Crippen LogP contribution is -2.37. The first kappa shape index (κ1) is 54.7. The van der Waals surface area contributed by atoms with Crippen molar-refractivity contribution in [3.05, 3.63) is 60.8 Å². The van der Waals surface area contributed by atoms with Gasteiger partial charge in [-0.05, 0) is 77.0 Å². The summed E-state index contributed by atoms with van der Waals surface area (Å²) >= 11 is 0. The van der Waals surface area contributed by atoms with E-state index in [1.807, 2.05) is 21.1 Å². The van der Waals surface area contributed by atoms with Crippen molar-refractivity contribution >= 4 is 19.8 Å². The van der Waals surface area contributed by atoms with Gasteiger partial charge in [-0.1, -0.05) is 145 Å². The number of phosphoric ester groups is 1. The summed E-state index contributed by atoms with van der Waals surface area (Å²) in [6.45, 7) is 4.05. The number of allylic oxidation sites excluding steroid dienone is 10. The monoisotopic (exact) mass is 822 g/mol. The molecule has 0 aromatic heterocycles. The molecule has 0 amide bonds. The van der Waals surface area contributed by atoms with Crippen LogP contribution >= 0.6 is 7.82 Å². The van der Waals surface area contributed by atoms with E-state index in [0.29, 0.717) is 17.4 Å². The number of quaternary nitrogens is 1. The van der Waals surface area contributed by atoms with E-state index in [4.69, 9.17) is 18.5 Å². The summed E-state index contributed by atoms with van der Waals surface area (Å²) in [7, 11) is 1.13. The van der Waals surface area contributed by atoms with Crippen molar-refractivity contribution in [2.75, 3.05) is 47.5 Å². The van der Waals surface area contributed by atoms with Gasteiger partial charge in [0.05, 0.1) is 27.7 Å². The molecule has 0 heterocycles. The fraction of sp³-hybridized carbons (Fsp3) is 0.745. The second kappa shape index (κ2) is 39.2. The van der Waals surface area contributed by atoms with Gasteiger partial charge in [0.15, 0.2) is 6.10 Å². The number of unbranched alkanes of at least 4 members (excludes halogenated alkanes) is 16. The zero-order valence-electron chi connectivity index (χ0n) is 37.0. The van der Waals surface area contributed by atoms with Gasteiger partial charge in [-0.3, -0.25) is 14.2 Å². The van der Waals surface area contributed by atoms with Crippen LogP contribution in [-0.2, 0) is 32.7 Å². The van der Waals surface area contributed by atoms with Gasteiger partial charge in [0.2, 0.25) is 0 Å². The van der Waals surface area contributed by atoms with Gasteiger partial charge in [0.1, 0.15) is 19.8 Å². The van der Waals surface area contributed by atoms with Crippen LogP contribution in [0.5, 0.6) is 0 Å². The van der Waals surface area contributed by atoms with Crippen LogP contribution in [-0.4, -0.2) is 70.0 Å². The average Bonchev–Trinajstić information content (AvgIpc) is 3.16. The van der Waals surface area contributed by atoms with Gasteiger partial charge in [-0.15, -0.1) is 0 Å².